The predicted octanol–water partition coefficient (Wildman–Crippen LogP) is 3.65. The van der Waals surface area contributed by atoms with Gasteiger partial charge in [0.15, 0.2) is 11.6 Å². The molecule has 0 saturated heterocycles. The molecule has 1 heterocycles. The van der Waals surface area contributed by atoms with Gasteiger partial charge in [-0.15, -0.1) is 0 Å². The zero-order chi connectivity index (χ0) is 19.3. The van der Waals surface area contributed by atoms with Crippen LogP contribution in [0.3, 0.4) is 0 Å². The van der Waals surface area contributed by atoms with Crippen LogP contribution >= 0.6 is 12.2 Å². The van der Waals surface area contributed by atoms with E-state index in [1.165, 1.54) is 24.1 Å². The van der Waals surface area contributed by atoms with Gasteiger partial charge in [0.2, 0.25) is 10.5 Å². The molecular weight excluding hydrogens is 358 g/mol. The molecule has 0 aliphatic carbocycles. The first kappa shape index (κ1) is 19.6. The molecule has 0 atom stereocenters. The molecule has 10 heteroatoms. The molecular formula is C16H21N5O4S. The third-order valence-corrected chi connectivity index (χ3v) is 3.70. The van der Waals surface area contributed by atoms with Crippen LogP contribution in [0.15, 0.2) is 17.2 Å². The van der Waals surface area contributed by atoms with Crippen molar-refractivity contribution in [1.29, 1.82) is 0 Å². The maximum atomic E-state index is 11.4. The van der Waals surface area contributed by atoms with Crippen LogP contribution in [-0.2, 0) is 0 Å². The highest BCUT2D eigenvalue weighted by molar-refractivity contribution is 7.71. The minimum absolute atomic E-state index is 0.105. The topological polar surface area (TPSA) is 108 Å². The van der Waals surface area contributed by atoms with Crippen LogP contribution in [0.25, 0.3) is 0 Å². The molecule has 2 aromatic rings. The SMILES string of the molecule is CCCOc1c(OC)cc(/C=N\n2c(C(C)C)n[nH]c2=S)cc1[N+](=O)[O-]. The van der Waals surface area contributed by atoms with Gasteiger partial charge in [0.05, 0.1) is 24.9 Å². The van der Waals surface area contributed by atoms with Gasteiger partial charge in [-0.2, -0.15) is 14.9 Å². The summed E-state index contributed by atoms with van der Waals surface area (Å²) in [5, 5.41) is 22.5. The zero-order valence-electron chi connectivity index (χ0n) is 15.1. The van der Waals surface area contributed by atoms with Gasteiger partial charge in [-0.05, 0) is 24.7 Å². The Labute approximate surface area is 155 Å². The Kier molecular flexibility index (Phi) is 6.45. The van der Waals surface area contributed by atoms with Crippen LogP contribution in [0.2, 0.25) is 0 Å². The Bertz CT molecular complexity index is 872. The summed E-state index contributed by atoms with van der Waals surface area (Å²) in [4.78, 5) is 10.9. The van der Waals surface area contributed by atoms with Gasteiger partial charge < -0.3 is 9.47 Å². The van der Waals surface area contributed by atoms with Crippen molar-refractivity contribution in [2.75, 3.05) is 13.7 Å². The first-order valence-corrected chi connectivity index (χ1v) is 8.50. The van der Waals surface area contributed by atoms with E-state index in [2.05, 4.69) is 15.3 Å². The van der Waals surface area contributed by atoms with Gasteiger partial charge in [0.1, 0.15) is 0 Å². The average molecular weight is 379 g/mol. The van der Waals surface area contributed by atoms with Crippen molar-refractivity contribution >= 4 is 24.1 Å². The fourth-order valence-electron chi connectivity index (χ4n) is 2.23. The van der Waals surface area contributed by atoms with Gasteiger partial charge in [-0.25, -0.2) is 0 Å². The van der Waals surface area contributed by atoms with Crippen molar-refractivity contribution in [3.05, 3.63) is 38.4 Å². The fraction of sp³-hybridized carbons (Fsp3) is 0.438. The summed E-state index contributed by atoms with van der Waals surface area (Å²) < 4.78 is 12.6. The van der Waals surface area contributed by atoms with E-state index in [0.717, 1.165) is 6.42 Å². The molecule has 0 aliphatic heterocycles. The lowest BCUT2D eigenvalue weighted by atomic mass is 10.2. The number of rotatable bonds is 8. The average Bonchev–Trinajstić information content (AvgIpc) is 2.98. The fourth-order valence-corrected chi connectivity index (χ4v) is 2.42. The summed E-state index contributed by atoms with van der Waals surface area (Å²) in [7, 11) is 1.43. The Morgan fingerprint density at radius 3 is 2.81 bits per heavy atom. The number of nitrogens with zero attached hydrogens (tertiary/aromatic N) is 4. The number of aromatic nitrogens is 3. The molecule has 2 rings (SSSR count). The lowest BCUT2D eigenvalue weighted by Gasteiger charge is -2.11. The van der Waals surface area contributed by atoms with E-state index in [1.54, 1.807) is 6.07 Å². The lowest BCUT2D eigenvalue weighted by molar-refractivity contribution is -0.386. The zero-order valence-corrected chi connectivity index (χ0v) is 15.9. The van der Waals surface area contributed by atoms with E-state index in [9.17, 15) is 10.1 Å². The third-order valence-electron chi connectivity index (χ3n) is 3.44. The second-order valence-electron chi connectivity index (χ2n) is 5.78. The maximum Gasteiger partial charge on any atom is 0.315 e. The highest BCUT2D eigenvalue weighted by atomic mass is 32.1. The Hall–Kier alpha value is -2.75. The second kappa shape index (κ2) is 8.56. The molecule has 0 bridgehead atoms. The monoisotopic (exact) mass is 379 g/mol. The standard InChI is InChI=1S/C16H21N5O4S/c1-5-6-25-14-12(21(22)23)7-11(8-13(14)24-4)9-17-20-15(10(2)3)18-19-16(20)26/h7-10H,5-6H2,1-4H3,(H,19,26)/b17-9-. The van der Waals surface area contributed by atoms with Crippen molar-refractivity contribution in [2.24, 2.45) is 5.10 Å². The van der Waals surface area contributed by atoms with Gasteiger partial charge >= 0.3 is 5.69 Å². The Morgan fingerprint density at radius 2 is 2.23 bits per heavy atom. The van der Waals surface area contributed by atoms with Crippen molar-refractivity contribution in [2.45, 2.75) is 33.1 Å². The van der Waals surface area contributed by atoms with E-state index in [-0.39, 0.29) is 23.1 Å². The molecule has 0 fully saturated rings. The van der Waals surface area contributed by atoms with Crippen molar-refractivity contribution in [3.63, 3.8) is 0 Å². The molecule has 9 nitrogen and oxygen atoms in total. The van der Waals surface area contributed by atoms with Crippen molar-refractivity contribution < 1.29 is 14.4 Å². The molecule has 1 aromatic carbocycles. The van der Waals surface area contributed by atoms with Gasteiger partial charge in [-0.3, -0.25) is 15.2 Å². The number of nitrogens with one attached hydrogen (secondary N) is 1. The molecule has 0 amide bonds. The first-order valence-electron chi connectivity index (χ1n) is 8.09. The molecule has 0 aliphatic rings. The van der Waals surface area contributed by atoms with E-state index >= 15 is 0 Å². The molecule has 0 radical (unpaired) electrons. The number of aromatic amines is 1. The number of benzene rings is 1. The summed E-state index contributed by atoms with van der Waals surface area (Å²) in [5.41, 5.74) is 0.300. The summed E-state index contributed by atoms with van der Waals surface area (Å²) >= 11 is 5.17. The maximum absolute atomic E-state index is 11.4. The molecule has 26 heavy (non-hydrogen) atoms. The van der Waals surface area contributed by atoms with Crippen molar-refractivity contribution in [1.82, 2.24) is 14.9 Å². The van der Waals surface area contributed by atoms with E-state index in [0.29, 0.717) is 22.8 Å². The van der Waals surface area contributed by atoms with Crippen LogP contribution in [-0.4, -0.2) is 39.7 Å². The van der Waals surface area contributed by atoms with E-state index in [1.807, 2.05) is 20.8 Å². The van der Waals surface area contributed by atoms with Crippen LogP contribution in [0.4, 0.5) is 5.69 Å². The first-order chi connectivity index (χ1) is 12.4. The minimum Gasteiger partial charge on any atom is -0.493 e. The summed E-state index contributed by atoms with van der Waals surface area (Å²) in [6.07, 6.45) is 2.19. The van der Waals surface area contributed by atoms with E-state index < -0.39 is 4.92 Å². The molecule has 1 aromatic heterocycles. The quantitative estimate of drug-likeness (QED) is 0.325. The largest absolute Gasteiger partial charge is 0.493 e. The van der Waals surface area contributed by atoms with Gasteiger partial charge in [0.25, 0.3) is 0 Å². The Morgan fingerprint density at radius 1 is 1.50 bits per heavy atom. The highest BCUT2D eigenvalue weighted by Crippen LogP contribution is 2.38. The molecule has 1 N–H and O–H groups in total. The number of hydrogen-bond acceptors (Lipinski definition) is 7. The second-order valence-corrected chi connectivity index (χ2v) is 6.16. The Balaban J connectivity index is 2.48. The number of methoxy groups -OCH3 is 1. The van der Waals surface area contributed by atoms with Crippen LogP contribution in [0, 0.1) is 14.9 Å². The minimum atomic E-state index is -0.506. The summed E-state index contributed by atoms with van der Waals surface area (Å²) in [6.45, 7) is 6.20. The lowest BCUT2D eigenvalue weighted by Crippen LogP contribution is -2.04. The normalized spacial score (nSPS) is 11.3. The van der Waals surface area contributed by atoms with E-state index in [4.69, 9.17) is 21.7 Å². The highest BCUT2D eigenvalue weighted by Gasteiger charge is 2.22. The third kappa shape index (κ3) is 4.26. The molecule has 0 spiro atoms. The number of hydrogen-bond donors (Lipinski definition) is 1. The van der Waals surface area contributed by atoms with Crippen LogP contribution in [0.5, 0.6) is 11.5 Å². The van der Waals surface area contributed by atoms with Crippen LogP contribution in [0.1, 0.15) is 44.5 Å². The van der Waals surface area contributed by atoms with Gasteiger partial charge in [0, 0.05) is 17.5 Å². The van der Waals surface area contributed by atoms with Crippen LogP contribution < -0.4 is 9.47 Å². The molecule has 0 saturated carbocycles. The summed E-state index contributed by atoms with van der Waals surface area (Å²) in [5.74, 6) is 1.15. The number of nitro groups is 1. The number of nitro benzene ring substituents is 1. The van der Waals surface area contributed by atoms with Gasteiger partial charge in [-0.1, -0.05) is 20.8 Å². The number of ether oxygens (including phenoxy) is 2. The van der Waals surface area contributed by atoms with Crippen molar-refractivity contribution in [3.8, 4) is 11.5 Å². The predicted molar refractivity (Wildman–Crippen MR) is 99.9 cm³/mol. The number of H-pyrrole nitrogens is 1. The molecule has 140 valence electrons. The molecule has 0 unspecified atom stereocenters. The summed E-state index contributed by atoms with van der Waals surface area (Å²) in [6, 6.07) is 3.01. The smallest absolute Gasteiger partial charge is 0.315 e.